The zero-order valence-corrected chi connectivity index (χ0v) is 23.1. The van der Waals surface area contributed by atoms with Gasteiger partial charge in [0.25, 0.3) is 5.91 Å². The molecule has 2 amide bonds. The number of aromatic amines is 2. The number of carbonyl (C=O) groups is 2. The van der Waals surface area contributed by atoms with Gasteiger partial charge >= 0.3 is 5.69 Å². The number of benzene rings is 2. The molecule has 0 saturated heterocycles. The molecule has 1 aliphatic rings. The van der Waals surface area contributed by atoms with Crippen molar-refractivity contribution in [3.63, 3.8) is 0 Å². The van der Waals surface area contributed by atoms with Crippen LogP contribution in [0.5, 0.6) is 0 Å². The summed E-state index contributed by atoms with van der Waals surface area (Å²) in [5.41, 5.74) is 15.4. The zero-order valence-electron chi connectivity index (χ0n) is 22.3. The molecular weight excluding hydrogens is 546 g/mol. The predicted octanol–water partition coefficient (Wildman–Crippen LogP) is 2.23. The number of hydrogen-bond donors (Lipinski definition) is 4. The second kappa shape index (κ2) is 13.4. The van der Waals surface area contributed by atoms with E-state index >= 15 is 0 Å². The normalized spacial score (nSPS) is 17.3. The number of halogens is 1. The third-order valence-electron chi connectivity index (χ3n) is 7.40. The van der Waals surface area contributed by atoms with Gasteiger partial charge in [0.2, 0.25) is 11.7 Å². The highest BCUT2D eigenvalue weighted by molar-refractivity contribution is 6.17. The molecule has 5 rings (SSSR count). The molecule has 0 radical (unpaired) electrons. The summed E-state index contributed by atoms with van der Waals surface area (Å²) in [7, 11) is 0. The van der Waals surface area contributed by atoms with Gasteiger partial charge in [0.05, 0.1) is 11.7 Å². The van der Waals surface area contributed by atoms with E-state index < -0.39 is 17.6 Å². The van der Waals surface area contributed by atoms with Gasteiger partial charge in [-0.3, -0.25) is 9.59 Å². The Morgan fingerprint density at radius 3 is 2.41 bits per heavy atom. The molecule has 0 aliphatic heterocycles. The summed E-state index contributed by atoms with van der Waals surface area (Å²) in [4.78, 5) is 46.5. The lowest BCUT2D eigenvalue weighted by atomic mass is 9.81. The van der Waals surface area contributed by atoms with Crippen LogP contribution in [0.1, 0.15) is 31.2 Å². The lowest BCUT2D eigenvalue weighted by molar-refractivity contribution is -0.130. The van der Waals surface area contributed by atoms with E-state index in [2.05, 4.69) is 30.6 Å². The number of hydrogen-bond acceptors (Lipinski definition) is 9. The van der Waals surface area contributed by atoms with Gasteiger partial charge in [-0.2, -0.15) is 5.21 Å². The molecule has 0 unspecified atom stereocenters. The van der Waals surface area contributed by atoms with Gasteiger partial charge in [-0.05, 0) is 85.2 Å². The number of nitrogens with two attached hydrogens (primary N) is 2. The van der Waals surface area contributed by atoms with E-state index in [0.29, 0.717) is 42.4 Å². The smallest absolute Gasteiger partial charge is 0.330 e. The van der Waals surface area contributed by atoms with Gasteiger partial charge in [0, 0.05) is 29.4 Å². The van der Waals surface area contributed by atoms with Crippen LogP contribution in [0.2, 0.25) is 0 Å². The first kappa shape index (κ1) is 29.7. The molecule has 41 heavy (non-hydrogen) atoms. The lowest BCUT2D eigenvalue weighted by Crippen LogP contribution is -2.50. The number of rotatable bonds is 8. The minimum absolute atomic E-state index is 0. The fourth-order valence-corrected chi connectivity index (χ4v) is 5.12. The molecule has 2 heterocycles. The van der Waals surface area contributed by atoms with Crippen molar-refractivity contribution in [3.05, 3.63) is 77.0 Å². The van der Waals surface area contributed by atoms with Gasteiger partial charge in [-0.25, -0.2) is 14.7 Å². The zero-order chi connectivity index (χ0) is 28.1. The second-order valence-electron chi connectivity index (χ2n) is 10.1. The third-order valence-corrected chi connectivity index (χ3v) is 7.40. The van der Waals surface area contributed by atoms with E-state index in [9.17, 15) is 14.4 Å². The monoisotopic (exact) mass is 577 g/mol. The van der Waals surface area contributed by atoms with E-state index in [1.807, 2.05) is 24.3 Å². The fraction of sp³-hybridized carbons (Fsp3) is 0.321. The SMILES string of the molecule is Cl.NCC1CCC(C(=O)N(C(=O)[C@@H](N)Cc2cccc(-c3cnc(=O)[nH]c3)c2)c2ccc(-c3nn[nH]n3)cc2)CC1. The quantitative estimate of drug-likeness (QED) is 0.243. The third kappa shape index (κ3) is 6.91. The number of nitrogens with zero attached hydrogens (tertiary/aromatic N) is 5. The maximum absolute atomic E-state index is 13.8. The molecule has 1 saturated carbocycles. The number of amides is 2. The van der Waals surface area contributed by atoms with Crippen molar-refractivity contribution in [1.82, 2.24) is 30.6 Å². The molecule has 12 nitrogen and oxygen atoms in total. The van der Waals surface area contributed by atoms with Crippen LogP contribution >= 0.6 is 12.4 Å². The molecule has 0 bridgehead atoms. The Bertz CT molecular complexity index is 1500. The van der Waals surface area contributed by atoms with Gasteiger partial charge in [-0.1, -0.05) is 24.3 Å². The Morgan fingerprint density at radius 2 is 1.78 bits per heavy atom. The minimum atomic E-state index is -0.967. The molecular formula is C28H32ClN9O3. The van der Waals surface area contributed by atoms with Crippen LogP contribution in [0.4, 0.5) is 5.69 Å². The first-order chi connectivity index (χ1) is 19.4. The average molecular weight is 578 g/mol. The molecule has 2 aromatic carbocycles. The van der Waals surface area contributed by atoms with Crippen molar-refractivity contribution in [1.29, 1.82) is 0 Å². The lowest BCUT2D eigenvalue weighted by Gasteiger charge is -2.32. The van der Waals surface area contributed by atoms with Crippen molar-refractivity contribution >= 4 is 29.9 Å². The van der Waals surface area contributed by atoms with Crippen molar-refractivity contribution in [2.75, 3.05) is 11.4 Å². The van der Waals surface area contributed by atoms with E-state index in [4.69, 9.17) is 11.5 Å². The second-order valence-corrected chi connectivity index (χ2v) is 10.1. The van der Waals surface area contributed by atoms with Crippen LogP contribution in [-0.4, -0.2) is 55.0 Å². The van der Waals surface area contributed by atoms with Crippen LogP contribution < -0.4 is 22.1 Å². The van der Waals surface area contributed by atoms with Crippen molar-refractivity contribution in [2.45, 2.75) is 38.1 Å². The average Bonchev–Trinajstić information content (AvgIpc) is 3.53. The van der Waals surface area contributed by atoms with E-state index in [0.717, 1.165) is 29.5 Å². The number of nitrogens with one attached hydrogen (secondary N) is 2. The van der Waals surface area contributed by atoms with Crippen LogP contribution in [0, 0.1) is 11.8 Å². The first-order valence-corrected chi connectivity index (χ1v) is 13.2. The summed E-state index contributed by atoms with van der Waals surface area (Å²) in [6.45, 7) is 0.597. The van der Waals surface area contributed by atoms with Gasteiger partial charge in [0.1, 0.15) is 0 Å². The molecule has 0 spiro atoms. The highest BCUT2D eigenvalue weighted by Crippen LogP contribution is 2.32. The van der Waals surface area contributed by atoms with Crippen LogP contribution in [0.25, 0.3) is 22.5 Å². The summed E-state index contributed by atoms with van der Waals surface area (Å²) < 4.78 is 0. The maximum atomic E-state index is 13.8. The fourth-order valence-electron chi connectivity index (χ4n) is 5.12. The largest absolute Gasteiger partial charge is 0.344 e. The number of anilines is 1. The number of aromatic nitrogens is 6. The molecule has 214 valence electrons. The molecule has 1 fully saturated rings. The number of H-pyrrole nitrogens is 2. The highest BCUT2D eigenvalue weighted by Gasteiger charge is 2.35. The van der Waals surface area contributed by atoms with E-state index in [1.165, 1.54) is 11.1 Å². The van der Waals surface area contributed by atoms with Crippen molar-refractivity contribution < 1.29 is 9.59 Å². The van der Waals surface area contributed by atoms with Crippen molar-refractivity contribution in [3.8, 4) is 22.5 Å². The number of carbonyl (C=O) groups excluding carboxylic acids is 2. The van der Waals surface area contributed by atoms with Gasteiger partial charge in [0.15, 0.2) is 0 Å². The molecule has 4 aromatic rings. The molecule has 1 aliphatic carbocycles. The molecule has 1 atom stereocenters. The Labute approximate surface area is 242 Å². The van der Waals surface area contributed by atoms with Crippen LogP contribution in [-0.2, 0) is 16.0 Å². The highest BCUT2D eigenvalue weighted by atomic mass is 35.5. The minimum Gasteiger partial charge on any atom is -0.330 e. The van der Waals surface area contributed by atoms with Crippen LogP contribution in [0.3, 0.4) is 0 Å². The Kier molecular flexibility index (Phi) is 9.71. The summed E-state index contributed by atoms with van der Waals surface area (Å²) in [6.07, 6.45) is 6.34. The molecule has 2 aromatic heterocycles. The maximum Gasteiger partial charge on any atom is 0.344 e. The first-order valence-electron chi connectivity index (χ1n) is 13.2. The van der Waals surface area contributed by atoms with E-state index in [-0.39, 0.29) is 30.7 Å². The number of imide groups is 1. The molecule has 13 heteroatoms. The summed E-state index contributed by atoms with van der Waals surface area (Å²) in [5, 5.41) is 14.0. The van der Waals surface area contributed by atoms with Gasteiger partial charge in [-0.15, -0.1) is 22.6 Å². The topological polar surface area (TPSA) is 190 Å². The summed E-state index contributed by atoms with van der Waals surface area (Å²) >= 11 is 0. The Morgan fingerprint density at radius 1 is 1.02 bits per heavy atom. The molecule has 6 N–H and O–H groups in total. The summed E-state index contributed by atoms with van der Waals surface area (Å²) in [6, 6.07) is 13.4. The predicted molar refractivity (Wildman–Crippen MR) is 156 cm³/mol. The number of tetrazole rings is 1. The van der Waals surface area contributed by atoms with Crippen LogP contribution in [0.15, 0.2) is 65.7 Å². The standard InChI is InChI=1S/C28H31N9O3.ClH/c29-14-17-4-6-20(7-5-17)26(38)37(23-10-8-19(9-11-23)25-33-35-36-34-25)27(39)24(30)13-18-2-1-3-21(12-18)22-15-31-28(40)32-16-22;/h1-3,8-12,15-17,20,24H,4-7,13-14,29-30H2,(H,31,32,40)(H,33,34,35,36);1H/t17?,20?,24-;/m0./s1. The summed E-state index contributed by atoms with van der Waals surface area (Å²) in [5.74, 6) is -0.211. The van der Waals surface area contributed by atoms with Crippen molar-refractivity contribution in [2.24, 2.45) is 23.3 Å². The van der Waals surface area contributed by atoms with Gasteiger partial charge < -0.3 is 16.5 Å². The Balaban J connectivity index is 0.00000387. The Hall–Kier alpha value is -4.26. The van der Waals surface area contributed by atoms with E-state index in [1.54, 1.807) is 30.5 Å².